The third-order valence-electron chi connectivity index (χ3n) is 25.1. The van der Waals surface area contributed by atoms with Crippen LogP contribution >= 0.6 is 0 Å². The third kappa shape index (κ3) is 20.4. The summed E-state index contributed by atoms with van der Waals surface area (Å²) in [5.41, 5.74) is -1.66. The Balaban J connectivity index is 1.10. The second-order valence-corrected chi connectivity index (χ2v) is 32.6. The monoisotopic (exact) mass is 1540 g/mol. The van der Waals surface area contributed by atoms with Crippen molar-refractivity contribution in [1.29, 1.82) is 0 Å². The van der Waals surface area contributed by atoms with Crippen molar-refractivity contribution < 1.29 is 93.4 Å². The molecule has 9 fully saturated rings. The van der Waals surface area contributed by atoms with E-state index < -0.39 is 218 Å². The zero-order valence-electron chi connectivity index (χ0n) is 64.6. The van der Waals surface area contributed by atoms with Gasteiger partial charge in [-0.15, -0.1) is 0 Å². The standard InChI is InChI=1S/C76H118F6N12O14/c1-10-45(3)64-72(104)87(5)44-62(97)88(6)55-20-13-12-16-31-93(71(55)103)59(39-47-23-26-50(77)27-24-47)69(101)86(4)43-60(95)83-54(28-25-48-36-52(78)63(53(79)37-48)76(80,81)82)68(100)94-42-51(108-11-2)40-57(94)67(99)85-75(29-17-30-75)74(106)91(9)65(49-18-14-15-19-49)73(105)90(8)58(70(102)92-32-34-107-35-33-92)41-61(96)89(7)56(66(98)84-64)38-46-21-22-46/h45-59,63-65H,10-44H2,1-9H3,(H,83,95)(H,84,98)(H,85,99)/t45-,47?,48?,50?,51+,52?,53?,54-,55-,56-,57-,58-,59-,63?,64-,65-/m0/s1. The van der Waals surface area contributed by atoms with Crippen molar-refractivity contribution in [3.05, 3.63) is 0 Å². The molecule has 4 saturated heterocycles. The van der Waals surface area contributed by atoms with Crippen LogP contribution in [0, 0.1) is 35.5 Å². The highest BCUT2D eigenvalue weighted by molar-refractivity contribution is 6.01. The van der Waals surface area contributed by atoms with Crippen molar-refractivity contribution in [3.63, 3.8) is 0 Å². The van der Waals surface area contributed by atoms with E-state index in [1.165, 1.54) is 71.7 Å². The minimum Gasteiger partial charge on any atom is -0.378 e. The molecule has 3 N–H and O–H groups in total. The van der Waals surface area contributed by atoms with E-state index in [0.717, 1.165) is 27.5 Å². The molecule has 0 aromatic heterocycles. The summed E-state index contributed by atoms with van der Waals surface area (Å²) in [5, 5.41) is 8.61. The van der Waals surface area contributed by atoms with Gasteiger partial charge >= 0.3 is 6.18 Å². The van der Waals surface area contributed by atoms with Gasteiger partial charge in [0, 0.05) is 81.5 Å². The van der Waals surface area contributed by atoms with Gasteiger partial charge in [-0.1, -0.05) is 58.8 Å². The number of rotatable bonds is 13. The zero-order chi connectivity index (χ0) is 78.8. The molecule has 0 radical (unpaired) electrons. The summed E-state index contributed by atoms with van der Waals surface area (Å²) >= 11 is 0. The van der Waals surface area contributed by atoms with Gasteiger partial charge < -0.3 is 69.5 Å². The van der Waals surface area contributed by atoms with E-state index in [-0.39, 0.29) is 116 Å². The number of alkyl halides is 6. The van der Waals surface area contributed by atoms with Crippen molar-refractivity contribution in [2.45, 2.75) is 272 Å². The van der Waals surface area contributed by atoms with Crippen LogP contribution in [-0.4, -0.2) is 301 Å². The SMILES string of the molecule is CCO[C@@H]1C[C@H]2C(=O)NC3(CCC3)C(=O)N(C)[C@@H](C3CCCC3)C(=O)N(C)[C@H](C(=O)N3CCOCC3)CC(=O)N(C)[C@@H](CC3CC3)C(=O)N[C@@H]([C@@H](C)CC)C(=O)N(C)CC(=O)N(C)[C@H]3CCCCCN(C3=O)[C@@H](CC3CCC(F)CC3)C(=O)N(C)CC(=O)N[C@@H](CCC3CC(F)C(C(F)(F)F)C(F)C3)C(=O)N2C1. The Morgan fingerprint density at radius 3 is 1.80 bits per heavy atom. The number of morpholine rings is 1. The minimum atomic E-state index is -5.19. The summed E-state index contributed by atoms with van der Waals surface area (Å²) in [6, 6.07) is -10.7. The predicted molar refractivity (Wildman–Crippen MR) is 383 cm³/mol. The Bertz CT molecular complexity index is 3190. The number of amides is 12. The van der Waals surface area contributed by atoms with Crippen LogP contribution in [0.2, 0.25) is 0 Å². The second-order valence-electron chi connectivity index (χ2n) is 32.6. The molecule has 4 aliphatic heterocycles. The number of halogens is 6. The summed E-state index contributed by atoms with van der Waals surface area (Å²) in [4.78, 5) is 194. The fourth-order valence-electron chi connectivity index (χ4n) is 17.9. The number of ether oxygens (including phenoxy) is 2. The third-order valence-corrected chi connectivity index (χ3v) is 25.1. The van der Waals surface area contributed by atoms with Crippen LogP contribution in [0.25, 0.3) is 0 Å². The van der Waals surface area contributed by atoms with Gasteiger partial charge in [0.25, 0.3) is 0 Å². The van der Waals surface area contributed by atoms with Gasteiger partial charge in [-0.2, -0.15) is 13.2 Å². The van der Waals surface area contributed by atoms with Crippen molar-refractivity contribution >= 4 is 70.9 Å². The molecule has 12 atom stereocenters. The van der Waals surface area contributed by atoms with Gasteiger partial charge in [0.1, 0.15) is 78.3 Å². The first-order chi connectivity index (χ1) is 51.2. The smallest absolute Gasteiger partial charge is 0.378 e. The number of likely N-dealkylation sites (N-methyl/N-ethyl adjacent to an activating group) is 6. The lowest BCUT2D eigenvalue weighted by atomic mass is 9.74. The minimum absolute atomic E-state index is 0.0292. The number of hydrogen-bond donors (Lipinski definition) is 3. The molecule has 5 aliphatic carbocycles. The average Bonchev–Trinajstić information content (AvgIpc) is 1.07. The van der Waals surface area contributed by atoms with Crippen molar-refractivity contribution in [3.8, 4) is 0 Å². The van der Waals surface area contributed by atoms with Gasteiger partial charge in [-0.05, 0) is 146 Å². The van der Waals surface area contributed by atoms with Gasteiger partial charge in [0.15, 0.2) is 0 Å². The summed E-state index contributed by atoms with van der Waals surface area (Å²) in [5.74, 6) is -13.7. The summed E-state index contributed by atoms with van der Waals surface area (Å²) in [6.07, 6.45) is -7.31. The van der Waals surface area contributed by atoms with Crippen LogP contribution in [-0.2, 0) is 67.0 Å². The Hall–Kier alpha value is -6.86. The zero-order valence-corrected chi connectivity index (χ0v) is 64.6. The van der Waals surface area contributed by atoms with Crippen LogP contribution < -0.4 is 16.0 Å². The molecule has 4 heterocycles. The molecule has 12 amide bonds. The Kier molecular flexibility index (Phi) is 29.5. The molecule has 2 bridgehead atoms. The van der Waals surface area contributed by atoms with Crippen LogP contribution in [0.15, 0.2) is 0 Å². The first-order valence-electron chi connectivity index (χ1n) is 39.7. The van der Waals surface area contributed by atoms with E-state index in [1.54, 1.807) is 13.8 Å². The Morgan fingerprint density at radius 2 is 1.20 bits per heavy atom. The lowest BCUT2D eigenvalue weighted by Gasteiger charge is -2.47. The fraction of sp³-hybridized carbons (Fsp3) is 0.842. The molecular formula is C76H118F6N12O14. The Labute approximate surface area is 631 Å². The fourth-order valence-corrected chi connectivity index (χ4v) is 17.9. The van der Waals surface area contributed by atoms with E-state index in [0.29, 0.717) is 70.6 Å². The van der Waals surface area contributed by atoms with Crippen molar-refractivity contribution in [2.75, 3.05) is 101 Å². The van der Waals surface area contributed by atoms with Crippen LogP contribution in [0.5, 0.6) is 0 Å². The maximum atomic E-state index is 15.7. The molecule has 9 rings (SSSR count). The molecule has 26 nitrogen and oxygen atoms in total. The molecular weight excluding hydrogens is 1420 g/mol. The molecule has 1 spiro atoms. The summed E-state index contributed by atoms with van der Waals surface area (Å²) in [6.45, 7) is 4.45. The maximum absolute atomic E-state index is 15.7. The average molecular weight is 1540 g/mol. The molecule has 108 heavy (non-hydrogen) atoms. The van der Waals surface area contributed by atoms with Gasteiger partial charge in [-0.3, -0.25) is 57.5 Å². The summed E-state index contributed by atoms with van der Waals surface area (Å²) < 4.78 is 99.4. The lowest BCUT2D eigenvalue weighted by Crippen LogP contribution is -2.68. The number of hydrogen-bond acceptors (Lipinski definition) is 14. The van der Waals surface area contributed by atoms with Gasteiger partial charge in [-0.25, -0.2) is 13.2 Å². The van der Waals surface area contributed by atoms with Crippen LogP contribution in [0.1, 0.15) is 188 Å². The van der Waals surface area contributed by atoms with Crippen LogP contribution in [0.4, 0.5) is 26.3 Å². The lowest BCUT2D eigenvalue weighted by molar-refractivity contribution is -0.219. The molecule has 5 saturated carbocycles. The van der Waals surface area contributed by atoms with Crippen LogP contribution in [0.3, 0.4) is 0 Å². The topological polar surface area (TPSA) is 289 Å². The quantitative estimate of drug-likeness (QED) is 0.198. The highest BCUT2D eigenvalue weighted by Gasteiger charge is 2.56. The number of nitrogens with zero attached hydrogens (tertiary/aromatic N) is 9. The largest absolute Gasteiger partial charge is 0.397 e. The molecule has 2 unspecified atom stereocenters. The van der Waals surface area contributed by atoms with E-state index in [1.807, 2.05) is 6.92 Å². The first-order valence-corrected chi connectivity index (χ1v) is 39.7. The second kappa shape index (κ2) is 37.4. The molecule has 0 aromatic carbocycles. The number of nitrogens with one attached hydrogen (secondary N) is 3. The number of fused-ring (bicyclic) bond motifs is 3. The predicted octanol–water partition coefficient (Wildman–Crippen LogP) is 5.26. The van der Waals surface area contributed by atoms with E-state index in [4.69, 9.17) is 9.47 Å². The number of carbonyl (C=O) groups is 12. The molecule has 32 heteroatoms. The first kappa shape index (κ1) is 85.1. The van der Waals surface area contributed by atoms with Gasteiger partial charge in [0.05, 0.1) is 38.8 Å². The van der Waals surface area contributed by atoms with E-state index in [2.05, 4.69) is 16.0 Å². The normalized spacial score (nSPS) is 33.2. The molecule has 0 aromatic rings. The van der Waals surface area contributed by atoms with Gasteiger partial charge in [0.2, 0.25) is 70.9 Å². The van der Waals surface area contributed by atoms with Crippen molar-refractivity contribution in [1.82, 2.24) is 60.0 Å². The highest BCUT2D eigenvalue weighted by atomic mass is 19.4. The molecule has 9 aliphatic rings. The molecule has 608 valence electrons. The Morgan fingerprint density at radius 1 is 0.593 bits per heavy atom. The summed E-state index contributed by atoms with van der Waals surface area (Å²) in [7, 11) is 8.42. The highest BCUT2D eigenvalue weighted by Crippen LogP contribution is 2.45. The van der Waals surface area contributed by atoms with Crippen molar-refractivity contribution in [2.24, 2.45) is 35.5 Å². The van der Waals surface area contributed by atoms with E-state index >= 15 is 51.9 Å². The number of carbonyl (C=O) groups excluding carboxylic acids is 12. The van der Waals surface area contributed by atoms with E-state index in [9.17, 15) is 31.9 Å². The maximum Gasteiger partial charge on any atom is 0.397 e.